The van der Waals surface area contributed by atoms with Gasteiger partial charge in [-0.1, -0.05) is 0 Å². The van der Waals surface area contributed by atoms with Crippen molar-refractivity contribution >= 4 is 31.3 Å². The van der Waals surface area contributed by atoms with Crippen LogP contribution in [0.5, 0.6) is 0 Å². The number of aliphatic hydroxyl groups is 8. The highest BCUT2D eigenvalue weighted by Crippen LogP contribution is 2.42. The van der Waals surface area contributed by atoms with E-state index >= 15 is 0 Å². The van der Waals surface area contributed by atoms with Gasteiger partial charge in [-0.15, -0.1) is 0 Å². The van der Waals surface area contributed by atoms with E-state index in [1.165, 1.54) is 28.2 Å². The average Bonchev–Trinajstić information content (AvgIpc) is 1.88. The van der Waals surface area contributed by atoms with Gasteiger partial charge in [-0.25, -0.2) is 56.2 Å². The molecule has 0 saturated carbocycles. The van der Waals surface area contributed by atoms with Gasteiger partial charge in [0.05, 0.1) is 58.7 Å². The van der Waals surface area contributed by atoms with Gasteiger partial charge < -0.3 is 109 Å². The molecule has 4 aromatic rings. The second-order valence-electron chi connectivity index (χ2n) is 19.0. The van der Waals surface area contributed by atoms with Crippen LogP contribution < -0.4 is 54.4 Å². The van der Waals surface area contributed by atoms with Gasteiger partial charge in [0, 0.05) is 19.4 Å². The molecule has 0 amide bonds. The maximum atomic E-state index is 12.1. The minimum atomic E-state index is -4.78. The van der Waals surface area contributed by atoms with Crippen molar-refractivity contribution in [1.82, 2.24) is 38.2 Å². The maximum Gasteiger partial charge on any atom is 0.469 e. The van der Waals surface area contributed by atoms with Crippen LogP contribution in [0.1, 0.15) is 35.8 Å². The molecule has 0 bridgehead atoms. The van der Waals surface area contributed by atoms with Crippen LogP contribution >= 0.6 is 31.3 Å². The minimum Gasteiger partial charge on any atom is -0.387 e. The molecule has 4 fully saturated rings. The third-order valence-electron chi connectivity index (χ3n) is 12.7. The highest BCUT2D eigenvalue weighted by Gasteiger charge is 2.50. The monoisotopic (exact) mass is 1360 g/mol. The van der Waals surface area contributed by atoms with Gasteiger partial charge in [0.2, 0.25) is 25.1 Å². The molecular formula is C38H60N10O36P4+2. The van der Waals surface area contributed by atoms with E-state index in [0.29, 0.717) is 0 Å². The summed E-state index contributed by atoms with van der Waals surface area (Å²) in [5.74, 6) is 0. The van der Waals surface area contributed by atoms with Gasteiger partial charge in [0.1, 0.15) is 85.5 Å². The van der Waals surface area contributed by atoms with Crippen molar-refractivity contribution in [2.24, 2.45) is 28.2 Å². The molecule has 50 heteroatoms. The van der Waals surface area contributed by atoms with E-state index in [0.717, 1.165) is 52.5 Å². The first kappa shape index (κ1) is 73.3. The number of ether oxygens (including phenoxy) is 4. The van der Waals surface area contributed by atoms with Gasteiger partial charge in [0.25, 0.3) is 11.1 Å². The molecule has 4 aliphatic rings. The second kappa shape index (κ2) is 29.2. The highest BCUT2D eigenvalue weighted by atomic mass is 31.2. The van der Waals surface area contributed by atoms with Gasteiger partial charge in [-0.2, -0.15) is 18.7 Å². The number of rotatable bonds is 16. The lowest BCUT2D eigenvalue weighted by Crippen LogP contribution is -2.58. The van der Waals surface area contributed by atoms with E-state index in [2.05, 4.69) is 28.1 Å². The first-order valence-electron chi connectivity index (χ1n) is 24.3. The van der Waals surface area contributed by atoms with Crippen molar-refractivity contribution in [3.63, 3.8) is 0 Å². The Kier molecular flexibility index (Phi) is 24.3. The zero-order valence-corrected chi connectivity index (χ0v) is 48.7. The summed E-state index contributed by atoms with van der Waals surface area (Å²) in [5.41, 5.74) is -6.15. The van der Waals surface area contributed by atoms with Crippen LogP contribution in [-0.2, 0) is 83.5 Å². The van der Waals surface area contributed by atoms with Crippen LogP contribution in [0.3, 0.4) is 0 Å². The lowest BCUT2D eigenvalue weighted by atomic mass is 10.0. The Morgan fingerprint density at radius 1 is 0.477 bits per heavy atom. The summed E-state index contributed by atoms with van der Waals surface area (Å²) in [6.07, 6.45) is -18.3. The molecule has 8 rings (SSSR count). The number of aliphatic hydroxyl groups excluding tert-OH is 8. The molecule has 4 aromatic heterocycles. The first-order valence-corrected chi connectivity index (χ1v) is 30.4. The fraction of sp³-hybridized carbons (Fsp3) is 0.632. The second-order valence-corrected chi connectivity index (χ2v) is 23.9. The number of nitrogens with one attached hydrogen (secondary N) is 4. The van der Waals surface area contributed by atoms with Crippen LogP contribution in [-0.4, -0.2) is 218 Å². The summed E-state index contributed by atoms with van der Waals surface area (Å²) < 4.78 is 85.7. The van der Waals surface area contributed by atoms with Crippen LogP contribution in [0.4, 0.5) is 0 Å². The molecule has 0 aromatic carbocycles. The quantitative estimate of drug-likeness (QED) is 0.0366. The largest absolute Gasteiger partial charge is 0.469 e. The van der Waals surface area contributed by atoms with Gasteiger partial charge in [-0.3, -0.25) is 37.2 Å². The van der Waals surface area contributed by atoms with Gasteiger partial charge >= 0.3 is 65.4 Å². The summed E-state index contributed by atoms with van der Waals surface area (Å²) in [7, 11) is -13.9. The van der Waals surface area contributed by atoms with Gasteiger partial charge in [-0.05, 0) is 0 Å². The topological polar surface area (TPSA) is 693 Å². The SMILES string of the molecule is C[n+]1cn([C@@H]2O[C@H](COP(=O)(O)O)[C@@H](O)[C@H]2O)c(=O)[nH]c1=O.Cn1c(=O)[nH]cc([C@@H]2O[C@H](COP(=O)(O)O)[C@@H](O)[C@H]2O)c1=O.Cn1c(=O)n([C@@H]2O[C@H](COP(=O)(O)O)[C@@H](O)[C@H]2O)c[n+](C)c1=O.O=c1[nH]cc([C@@H]2O[C@H](COP(=O)(O)O)[C@@H](O)[C@H]2O)c(=O)[nH]1. The van der Waals surface area contributed by atoms with E-state index in [4.69, 9.17) is 58.1 Å². The first-order chi connectivity index (χ1) is 40.4. The van der Waals surface area contributed by atoms with Crippen LogP contribution in [0.15, 0.2) is 63.4 Å². The Labute approximate surface area is 485 Å². The highest BCUT2D eigenvalue weighted by molar-refractivity contribution is 7.47. The molecule has 4 saturated heterocycles. The fourth-order valence-electron chi connectivity index (χ4n) is 8.25. The number of phosphoric ester groups is 4. The molecule has 16 atom stereocenters. The van der Waals surface area contributed by atoms with E-state index in [-0.39, 0.29) is 11.1 Å². The number of nitrogens with zero attached hydrogens (tertiary/aromatic N) is 6. The standard InChI is InChI=1S/C10H16N3O9P.C10H15N2O9P.C9H14N3O9P.C9H13N2O9P/c1-11-4-13(10(17)12(2)9(11)16)8-7(15)6(14)5(22-8)3-21-23(18,19)20;1-12-9(15)4(2-11-10(12)16)8-7(14)6(13)5(21-8)3-20-22(17,18)19;1-11-3-12(9(16)10-8(11)15)7-6(14)5(13)4(21-7)2-20-22(17,18)19;12-5-4(2-19-21(16,17)18)20-7(6(5)13)3-1-10-9(15)11-8(3)14/h4-8,14-15H,3H2,1-2H3,(H-,18,19,20);2,5-8,13-14H,3H2,1H3,(H,11,16)(H2,17,18,19);3-7,13-14H,2H2,1H3,(H2-,10,15,16,17,18,19);1,4-7,12-13H,2H2,(H2,16,17,18)(H2,10,11,14,15)/p+2/t5-,6-,7-,8-;5-,6-,7-,8+;4-,5-,6-,7-;4-,5-,6-,7+/m1111/s1. The van der Waals surface area contributed by atoms with Crippen LogP contribution in [0.2, 0.25) is 0 Å². The van der Waals surface area contributed by atoms with Crippen molar-refractivity contribution in [3.05, 3.63) is 120 Å². The number of aryl methyl sites for hydroxylation is 2. The Morgan fingerprint density at radius 3 is 1.27 bits per heavy atom. The summed E-state index contributed by atoms with van der Waals surface area (Å²) in [5, 5.41) is 78.9. The Hall–Kier alpha value is -5.46. The van der Waals surface area contributed by atoms with Crippen LogP contribution in [0, 0.1) is 0 Å². The predicted octanol–water partition coefficient (Wildman–Crippen LogP) is -13.1. The molecule has 8 heterocycles. The van der Waals surface area contributed by atoms with E-state index in [1.54, 1.807) is 0 Å². The Morgan fingerprint density at radius 2 is 0.852 bits per heavy atom. The summed E-state index contributed by atoms with van der Waals surface area (Å²) >= 11 is 0. The van der Waals surface area contributed by atoms with Crippen molar-refractivity contribution in [3.8, 4) is 0 Å². The summed E-state index contributed by atoms with van der Waals surface area (Å²) in [6, 6.07) is 0. The van der Waals surface area contributed by atoms with E-state index in [1.807, 2.05) is 9.97 Å². The third kappa shape index (κ3) is 18.8. The van der Waals surface area contributed by atoms with Crippen molar-refractivity contribution in [2.45, 2.75) is 97.9 Å². The molecule has 20 N–H and O–H groups in total. The number of phosphoric acid groups is 4. The van der Waals surface area contributed by atoms with E-state index in [9.17, 15) is 97.5 Å². The van der Waals surface area contributed by atoms with Crippen LogP contribution in [0.25, 0.3) is 0 Å². The summed E-state index contributed by atoms with van der Waals surface area (Å²) in [6.45, 7) is -2.74. The smallest absolute Gasteiger partial charge is 0.387 e. The molecule has 0 spiro atoms. The minimum absolute atomic E-state index is 0.104. The molecule has 46 nitrogen and oxygen atoms in total. The third-order valence-corrected chi connectivity index (χ3v) is 14.6. The molecular weight excluding hydrogens is 1300 g/mol. The predicted molar refractivity (Wildman–Crippen MR) is 273 cm³/mol. The average molecular weight is 1360 g/mol. The summed E-state index contributed by atoms with van der Waals surface area (Å²) in [4.78, 5) is 170. The number of hydrogen-bond acceptors (Lipinski definition) is 28. The zero-order valence-electron chi connectivity index (χ0n) is 45.2. The van der Waals surface area contributed by atoms with Crippen molar-refractivity contribution in [1.29, 1.82) is 0 Å². The molecule has 0 radical (unpaired) electrons. The fourth-order valence-corrected chi connectivity index (χ4v) is 9.61. The lowest BCUT2D eigenvalue weighted by molar-refractivity contribution is -0.696. The normalized spacial score (nSPS) is 29.0. The number of aromatic amines is 4. The Bertz CT molecular complexity index is 3750. The van der Waals surface area contributed by atoms with Gasteiger partial charge in [0.15, 0.2) is 0 Å². The molecule has 4 aliphatic heterocycles. The number of hydrogen-bond donors (Lipinski definition) is 20. The number of H-pyrrole nitrogens is 4. The molecule has 0 unspecified atom stereocenters. The lowest BCUT2D eigenvalue weighted by Gasteiger charge is -2.14. The number of aromatic nitrogens is 10. The van der Waals surface area contributed by atoms with E-state index < -0.39 is 201 Å². The molecule has 496 valence electrons. The zero-order chi connectivity index (χ0) is 66.6. The van der Waals surface area contributed by atoms with Crippen molar-refractivity contribution < 1.29 is 144 Å². The Balaban J connectivity index is 0.000000214. The maximum absolute atomic E-state index is 12.1. The van der Waals surface area contributed by atoms with Crippen molar-refractivity contribution in [2.75, 3.05) is 26.4 Å². The molecule has 88 heavy (non-hydrogen) atoms. The molecule has 0 aliphatic carbocycles.